The first-order chi connectivity index (χ1) is 23.2. The predicted molar refractivity (Wildman–Crippen MR) is 178 cm³/mol. The molecule has 1 aliphatic carbocycles. The summed E-state index contributed by atoms with van der Waals surface area (Å²) in [5.74, 6) is -8.27. The molecule has 49 heavy (non-hydrogen) atoms. The molecular weight excluding hydrogens is 641 g/mol. The molecule has 1 saturated heterocycles. The molecule has 268 valence electrons. The first kappa shape index (κ1) is 37.6. The van der Waals surface area contributed by atoms with Gasteiger partial charge in [0.05, 0.1) is 12.8 Å². The fourth-order valence-corrected chi connectivity index (χ4v) is 6.33. The van der Waals surface area contributed by atoms with Crippen molar-refractivity contribution in [3.05, 3.63) is 53.5 Å². The summed E-state index contributed by atoms with van der Waals surface area (Å²) in [7, 11) is 3.30. The van der Waals surface area contributed by atoms with Gasteiger partial charge < -0.3 is 30.5 Å². The number of amides is 4. The lowest BCUT2D eigenvalue weighted by Crippen LogP contribution is -2.60. The molecular formula is C35H47F3N6O5. The molecule has 2 heterocycles. The van der Waals surface area contributed by atoms with Gasteiger partial charge in [-0.05, 0) is 49.6 Å². The second kappa shape index (κ2) is 16.0. The summed E-state index contributed by atoms with van der Waals surface area (Å²) in [5, 5.41) is 7.57. The Morgan fingerprint density at radius 3 is 2.20 bits per heavy atom. The quantitative estimate of drug-likeness (QED) is 0.308. The summed E-state index contributed by atoms with van der Waals surface area (Å²) < 4.78 is 51.1. The summed E-state index contributed by atoms with van der Waals surface area (Å²) >= 11 is 0. The van der Waals surface area contributed by atoms with Crippen LogP contribution in [0.3, 0.4) is 0 Å². The van der Waals surface area contributed by atoms with E-state index in [1.165, 1.54) is 25.3 Å². The minimum absolute atomic E-state index is 0.0960. The van der Waals surface area contributed by atoms with Crippen LogP contribution >= 0.6 is 0 Å². The molecule has 4 amide bonds. The van der Waals surface area contributed by atoms with Gasteiger partial charge in [0, 0.05) is 55.8 Å². The van der Waals surface area contributed by atoms with E-state index in [2.05, 4.69) is 25.8 Å². The maximum absolute atomic E-state index is 15.7. The Hall–Kier alpha value is -4.20. The number of nitrogens with zero attached hydrogens (tertiary/aromatic N) is 3. The van der Waals surface area contributed by atoms with Gasteiger partial charge in [0.1, 0.15) is 17.9 Å². The molecule has 2 atom stereocenters. The standard InChI is InChI=1S/C35H47F3N6O5/c1-6-27(45)41-30(32(47)44-18-16-43(4)17-19-44)34(2,3)23-12-14-26(25(36)20-23)40-31(46)29(22-10-8-7-9-11-22)42-33(48)35(37,38)24-13-15-28(49-5)39-21-24/h12-15,20-22,29-30H,6-11,16-19H2,1-5H3,(H,40,46)(H,41,45)(H,42,48)/t29-,30-/m0/s1. The van der Waals surface area contributed by atoms with E-state index in [0.29, 0.717) is 44.6 Å². The van der Waals surface area contributed by atoms with Crippen molar-refractivity contribution in [3.8, 4) is 5.88 Å². The molecule has 2 aliphatic rings. The largest absolute Gasteiger partial charge is 0.481 e. The highest BCUT2D eigenvalue weighted by Crippen LogP contribution is 2.34. The van der Waals surface area contributed by atoms with E-state index in [-0.39, 0.29) is 29.8 Å². The van der Waals surface area contributed by atoms with Gasteiger partial charge in [-0.1, -0.05) is 46.1 Å². The number of carbonyl (C=O) groups is 4. The van der Waals surface area contributed by atoms with Crippen LogP contribution in [0.4, 0.5) is 18.9 Å². The third-order valence-electron chi connectivity index (χ3n) is 9.66. The van der Waals surface area contributed by atoms with Crippen LogP contribution in [0.25, 0.3) is 0 Å². The monoisotopic (exact) mass is 688 g/mol. The Labute approximate surface area is 285 Å². The Morgan fingerprint density at radius 1 is 0.980 bits per heavy atom. The lowest BCUT2D eigenvalue weighted by molar-refractivity contribution is -0.149. The van der Waals surface area contributed by atoms with E-state index in [1.807, 2.05) is 7.05 Å². The average molecular weight is 689 g/mol. The first-order valence-electron chi connectivity index (χ1n) is 16.8. The number of piperazine rings is 1. The minimum Gasteiger partial charge on any atom is -0.481 e. The van der Waals surface area contributed by atoms with Crippen LogP contribution in [-0.4, -0.2) is 90.8 Å². The van der Waals surface area contributed by atoms with Gasteiger partial charge in [-0.25, -0.2) is 9.37 Å². The van der Waals surface area contributed by atoms with Gasteiger partial charge in [-0.3, -0.25) is 19.2 Å². The number of halogens is 3. The third kappa shape index (κ3) is 8.89. The lowest BCUT2D eigenvalue weighted by atomic mass is 9.76. The van der Waals surface area contributed by atoms with Gasteiger partial charge in [-0.15, -0.1) is 0 Å². The summed E-state index contributed by atoms with van der Waals surface area (Å²) in [6.07, 6.45) is 4.46. The van der Waals surface area contributed by atoms with E-state index in [4.69, 9.17) is 4.74 Å². The highest BCUT2D eigenvalue weighted by molar-refractivity contribution is 5.98. The number of hydrogen-bond acceptors (Lipinski definition) is 7. The number of methoxy groups -OCH3 is 1. The fourth-order valence-electron chi connectivity index (χ4n) is 6.33. The zero-order chi connectivity index (χ0) is 35.9. The molecule has 4 rings (SSSR count). The number of hydrogen-bond donors (Lipinski definition) is 3. The molecule has 0 bridgehead atoms. The SMILES string of the molecule is CCC(=O)N[C@@H](C(=O)N1CCN(C)CC1)C(C)(C)c1ccc(NC(=O)[C@@H](NC(=O)C(F)(F)c2ccc(OC)nc2)C2CCCCC2)c(F)c1. The van der Waals surface area contributed by atoms with E-state index < -0.39 is 52.5 Å². The maximum atomic E-state index is 15.7. The van der Waals surface area contributed by atoms with Crippen molar-refractivity contribution in [1.29, 1.82) is 0 Å². The van der Waals surface area contributed by atoms with Crippen molar-refractivity contribution >= 4 is 29.3 Å². The number of carbonyl (C=O) groups excluding carboxylic acids is 4. The summed E-state index contributed by atoms with van der Waals surface area (Å²) in [6, 6.07) is 3.97. The van der Waals surface area contributed by atoms with Crippen molar-refractivity contribution in [3.63, 3.8) is 0 Å². The van der Waals surface area contributed by atoms with Crippen LogP contribution in [0, 0.1) is 11.7 Å². The minimum atomic E-state index is -4.00. The van der Waals surface area contributed by atoms with E-state index in [0.717, 1.165) is 31.5 Å². The number of likely N-dealkylation sites (N-methyl/N-ethyl adjacent to an activating group) is 1. The smallest absolute Gasteiger partial charge is 0.351 e. The molecule has 0 radical (unpaired) electrons. The topological polar surface area (TPSA) is 133 Å². The maximum Gasteiger partial charge on any atom is 0.351 e. The molecule has 11 nitrogen and oxygen atoms in total. The molecule has 1 aliphatic heterocycles. The van der Waals surface area contributed by atoms with Crippen LogP contribution in [0.1, 0.15) is 70.4 Å². The van der Waals surface area contributed by atoms with E-state index >= 15 is 13.2 Å². The lowest BCUT2D eigenvalue weighted by Gasteiger charge is -2.40. The number of alkyl halides is 2. The fraction of sp³-hybridized carbons (Fsp3) is 0.571. The molecule has 2 fully saturated rings. The van der Waals surface area contributed by atoms with Crippen LogP contribution in [-0.2, 0) is 30.5 Å². The summed E-state index contributed by atoms with van der Waals surface area (Å²) in [6.45, 7) is 7.50. The Kier molecular flexibility index (Phi) is 12.3. The van der Waals surface area contributed by atoms with Gasteiger partial charge in [0.2, 0.25) is 23.6 Å². The number of anilines is 1. The number of rotatable bonds is 12. The van der Waals surface area contributed by atoms with E-state index in [9.17, 15) is 19.2 Å². The Bertz CT molecular complexity index is 1490. The third-order valence-corrected chi connectivity index (χ3v) is 9.66. The van der Waals surface area contributed by atoms with Crippen LogP contribution in [0.2, 0.25) is 0 Å². The van der Waals surface area contributed by atoms with Crippen LogP contribution in [0.5, 0.6) is 5.88 Å². The molecule has 1 aromatic carbocycles. The normalized spacial score (nSPS) is 17.5. The molecule has 0 spiro atoms. The highest BCUT2D eigenvalue weighted by atomic mass is 19.3. The predicted octanol–water partition coefficient (Wildman–Crippen LogP) is 3.97. The average Bonchev–Trinajstić information content (AvgIpc) is 3.10. The molecule has 1 saturated carbocycles. The second-order valence-electron chi connectivity index (χ2n) is 13.4. The molecule has 1 aromatic heterocycles. The van der Waals surface area contributed by atoms with Crippen molar-refractivity contribution in [2.45, 2.75) is 82.7 Å². The van der Waals surface area contributed by atoms with Crippen molar-refractivity contribution < 1.29 is 37.1 Å². The number of ether oxygens (including phenoxy) is 1. The number of nitrogens with one attached hydrogen (secondary N) is 3. The van der Waals surface area contributed by atoms with Crippen LogP contribution < -0.4 is 20.7 Å². The first-order valence-corrected chi connectivity index (χ1v) is 16.8. The zero-order valence-electron chi connectivity index (χ0n) is 28.8. The van der Waals surface area contributed by atoms with Crippen molar-refractivity contribution in [2.75, 3.05) is 45.7 Å². The van der Waals surface area contributed by atoms with Crippen molar-refractivity contribution in [2.24, 2.45) is 5.92 Å². The highest BCUT2D eigenvalue weighted by Gasteiger charge is 2.45. The summed E-state index contributed by atoms with van der Waals surface area (Å²) in [4.78, 5) is 60.4. The Morgan fingerprint density at radius 2 is 1.63 bits per heavy atom. The molecule has 3 N–H and O–H groups in total. The number of benzene rings is 1. The number of aromatic nitrogens is 1. The van der Waals surface area contributed by atoms with Crippen molar-refractivity contribution in [1.82, 2.24) is 25.4 Å². The van der Waals surface area contributed by atoms with E-state index in [1.54, 1.807) is 31.7 Å². The number of pyridine rings is 1. The summed E-state index contributed by atoms with van der Waals surface area (Å²) in [5.41, 5.74) is -1.55. The Balaban J connectivity index is 1.55. The zero-order valence-corrected chi connectivity index (χ0v) is 28.8. The van der Waals surface area contributed by atoms with Gasteiger partial charge in [0.25, 0.3) is 5.91 Å². The molecule has 0 unspecified atom stereocenters. The second-order valence-corrected chi connectivity index (χ2v) is 13.4. The van der Waals surface area contributed by atoms with Crippen LogP contribution in [0.15, 0.2) is 36.5 Å². The molecule has 14 heteroatoms. The van der Waals surface area contributed by atoms with Gasteiger partial charge >= 0.3 is 5.92 Å². The molecule has 2 aromatic rings. The van der Waals surface area contributed by atoms with Gasteiger partial charge in [0.15, 0.2) is 0 Å². The van der Waals surface area contributed by atoms with Gasteiger partial charge in [-0.2, -0.15) is 8.78 Å².